The lowest BCUT2D eigenvalue weighted by Gasteiger charge is -2.28. The number of ether oxygens (including phenoxy) is 1. The molecule has 1 aliphatic heterocycles. The molecule has 1 fully saturated rings. The van der Waals surface area contributed by atoms with E-state index in [9.17, 15) is 0 Å². The van der Waals surface area contributed by atoms with Gasteiger partial charge in [-0.2, -0.15) is 0 Å². The third-order valence-corrected chi connectivity index (χ3v) is 2.87. The van der Waals surface area contributed by atoms with Crippen molar-refractivity contribution in [3.05, 3.63) is 11.5 Å². The summed E-state index contributed by atoms with van der Waals surface area (Å²) in [4.78, 5) is 10.4. The largest absolute Gasteiger partial charge is 0.490 e. The van der Waals surface area contributed by atoms with Crippen LogP contribution < -0.4 is 9.64 Å². The highest BCUT2D eigenvalue weighted by atomic mass is 35.5. The first-order chi connectivity index (χ1) is 7.33. The predicted molar refractivity (Wildman–Crippen MR) is 59.7 cm³/mol. The maximum atomic E-state index is 5.95. The molecule has 1 aromatic rings. The molecule has 1 saturated heterocycles. The fraction of sp³-hybridized carbons (Fsp3) is 0.600. The van der Waals surface area contributed by atoms with Crippen LogP contribution in [-0.2, 0) is 0 Å². The van der Waals surface area contributed by atoms with Gasteiger partial charge in [0.2, 0.25) is 0 Å². The van der Waals surface area contributed by atoms with Crippen molar-refractivity contribution >= 4 is 17.4 Å². The summed E-state index contributed by atoms with van der Waals surface area (Å²) in [6.45, 7) is 2.04. The predicted octanol–water partition coefficient (Wildman–Crippen LogP) is 2.13. The van der Waals surface area contributed by atoms with Gasteiger partial charge in [-0.1, -0.05) is 11.6 Å². The zero-order valence-corrected chi connectivity index (χ0v) is 9.50. The molecule has 0 aromatic carbocycles. The van der Waals surface area contributed by atoms with Gasteiger partial charge in [0.15, 0.2) is 16.7 Å². The first-order valence-corrected chi connectivity index (χ1v) is 5.50. The number of halogens is 1. The number of nitrogens with zero attached hydrogens (tertiary/aromatic N) is 3. The SMILES string of the molecule is COc1c(Cl)ncnc1N1CCCCC1. The van der Waals surface area contributed by atoms with E-state index in [4.69, 9.17) is 16.3 Å². The van der Waals surface area contributed by atoms with Gasteiger partial charge in [-0.15, -0.1) is 0 Å². The van der Waals surface area contributed by atoms with Gasteiger partial charge in [0.25, 0.3) is 0 Å². The van der Waals surface area contributed by atoms with Crippen molar-refractivity contribution in [3.63, 3.8) is 0 Å². The van der Waals surface area contributed by atoms with Crippen LogP contribution in [0.1, 0.15) is 19.3 Å². The smallest absolute Gasteiger partial charge is 0.199 e. The fourth-order valence-corrected chi connectivity index (χ4v) is 2.06. The zero-order chi connectivity index (χ0) is 10.7. The topological polar surface area (TPSA) is 38.3 Å². The highest BCUT2D eigenvalue weighted by molar-refractivity contribution is 6.31. The normalized spacial score (nSPS) is 16.5. The number of piperidine rings is 1. The first kappa shape index (κ1) is 10.5. The molecule has 4 nitrogen and oxygen atoms in total. The Bertz CT molecular complexity index is 339. The molecule has 0 bridgehead atoms. The second-order valence-corrected chi connectivity index (χ2v) is 3.93. The Balaban J connectivity index is 2.29. The van der Waals surface area contributed by atoms with E-state index < -0.39 is 0 Å². The molecule has 15 heavy (non-hydrogen) atoms. The number of aromatic nitrogens is 2. The van der Waals surface area contributed by atoms with Gasteiger partial charge in [-0.3, -0.25) is 0 Å². The molecule has 0 amide bonds. The molecule has 0 radical (unpaired) electrons. The van der Waals surface area contributed by atoms with Crippen LogP contribution in [0.25, 0.3) is 0 Å². The molecule has 1 aliphatic rings. The third-order valence-electron chi connectivity index (χ3n) is 2.60. The molecule has 2 rings (SSSR count). The second kappa shape index (κ2) is 4.66. The lowest BCUT2D eigenvalue weighted by molar-refractivity contribution is 0.408. The van der Waals surface area contributed by atoms with Crippen molar-refractivity contribution in [1.82, 2.24) is 9.97 Å². The Hall–Kier alpha value is -1.03. The van der Waals surface area contributed by atoms with Gasteiger partial charge in [0.05, 0.1) is 7.11 Å². The van der Waals surface area contributed by atoms with Crippen molar-refractivity contribution in [3.8, 4) is 5.75 Å². The van der Waals surface area contributed by atoms with Crippen LogP contribution in [0.15, 0.2) is 6.33 Å². The third kappa shape index (κ3) is 2.15. The van der Waals surface area contributed by atoms with Crippen molar-refractivity contribution < 1.29 is 4.74 Å². The zero-order valence-electron chi connectivity index (χ0n) is 8.74. The average molecular weight is 228 g/mol. The minimum Gasteiger partial charge on any atom is -0.490 e. The maximum Gasteiger partial charge on any atom is 0.199 e. The van der Waals surface area contributed by atoms with E-state index in [0.717, 1.165) is 18.9 Å². The van der Waals surface area contributed by atoms with Gasteiger partial charge in [-0.25, -0.2) is 9.97 Å². The molecule has 0 saturated carbocycles. The second-order valence-electron chi connectivity index (χ2n) is 3.57. The lowest BCUT2D eigenvalue weighted by atomic mass is 10.1. The molecule has 0 N–H and O–H groups in total. The molecule has 0 spiro atoms. The minimum absolute atomic E-state index is 0.382. The summed E-state index contributed by atoms with van der Waals surface area (Å²) in [7, 11) is 1.60. The number of hydrogen-bond acceptors (Lipinski definition) is 4. The van der Waals surface area contributed by atoms with Gasteiger partial charge < -0.3 is 9.64 Å². The Morgan fingerprint density at radius 3 is 2.67 bits per heavy atom. The van der Waals surface area contributed by atoms with Crippen LogP contribution >= 0.6 is 11.6 Å². The fourth-order valence-electron chi connectivity index (χ4n) is 1.85. The molecule has 0 unspecified atom stereocenters. The van der Waals surface area contributed by atoms with Crippen LogP contribution in [0.4, 0.5) is 5.82 Å². The van der Waals surface area contributed by atoms with Crippen molar-refractivity contribution in [2.24, 2.45) is 0 Å². The van der Waals surface area contributed by atoms with Crippen LogP contribution in [0, 0.1) is 0 Å². The molecule has 0 aliphatic carbocycles. The number of rotatable bonds is 2. The van der Waals surface area contributed by atoms with E-state index in [-0.39, 0.29) is 0 Å². The summed E-state index contributed by atoms with van der Waals surface area (Å²) in [6, 6.07) is 0. The Morgan fingerprint density at radius 1 is 1.27 bits per heavy atom. The Kier molecular flexibility index (Phi) is 3.26. The molecule has 5 heteroatoms. The molecule has 2 heterocycles. The lowest BCUT2D eigenvalue weighted by Crippen LogP contribution is -2.30. The van der Waals surface area contributed by atoms with Crippen molar-refractivity contribution in [2.45, 2.75) is 19.3 Å². The standard InChI is InChI=1S/C10H14ClN3O/c1-15-8-9(11)12-7-13-10(8)14-5-3-2-4-6-14/h7H,2-6H2,1H3. The van der Waals surface area contributed by atoms with Crippen LogP contribution in [-0.4, -0.2) is 30.2 Å². The molecule has 0 atom stereocenters. The minimum atomic E-state index is 0.382. The number of anilines is 1. The summed E-state index contributed by atoms with van der Waals surface area (Å²) in [5, 5.41) is 0.382. The average Bonchev–Trinajstić information content (AvgIpc) is 2.30. The van der Waals surface area contributed by atoms with E-state index >= 15 is 0 Å². The molecule has 1 aromatic heterocycles. The van der Waals surface area contributed by atoms with Crippen LogP contribution in [0.2, 0.25) is 5.15 Å². The number of methoxy groups -OCH3 is 1. The summed E-state index contributed by atoms with van der Waals surface area (Å²) in [5.41, 5.74) is 0. The van der Waals surface area contributed by atoms with Crippen molar-refractivity contribution in [2.75, 3.05) is 25.1 Å². The highest BCUT2D eigenvalue weighted by Gasteiger charge is 2.18. The molecular formula is C10H14ClN3O. The van der Waals surface area contributed by atoms with E-state index in [1.165, 1.54) is 25.6 Å². The maximum absolute atomic E-state index is 5.95. The van der Waals surface area contributed by atoms with Gasteiger partial charge in [-0.05, 0) is 19.3 Å². The summed E-state index contributed by atoms with van der Waals surface area (Å²) < 4.78 is 5.23. The summed E-state index contributed by atoms with van der Waals surface area (Å²) >= 11 is 5.95. The van der Waals surface area contributed by atoms with Gasteiger partial charge in [0, 0.05) is 13.1 Å². The van der Waals surface area contributed by atoms with Gasteiger partial charge >= 0.3 is 0 Å². The van der Waals surface area contributed by atoms with E-state index in [1.807, 2.05) is 0 Å². The van der Waals surface area contributed by atoms with E-state index in [1.54, 1.807) is 7.11 Å². The summed E-state index contributed by atoms with van der Waals surface area (Å²) in [6.07, 6.45) is 5.17. The van der Waals surface area contributed by atoms with Gasteiger partial charge in [0.1, 0.15) is 6.33 Å². The molecular weight excluding hydrogens is 214 g/mol. The summed E-state index contributed by atoms with van der Waals surface area (Å²) in [5.74, 6) is 1.40. The Labute approximate surface area is 94.2 Å². The first-order valence-electron chi connectivity index (χ1n) is 5.12. The molecule has 82 valence electrons. The monoisotopic (exact) mass is 227 g/mol. The quantitative estimate of drug-likeness (QED) is 0.726. The van der Waals surface area contributed by atoms with E-state index in [2.05, 4.69) is 14.9 Å². The highest BCUT2D eigenvalue weighted by Crippen LogP contribution is 2.32. The van der Waals surface area contributed by atoms with Crippen molar-refractivity contribution in [1.29, 1.82) is 0 Å². The Morgan fingerprint density at radius 2 is 2.00 bits per heavy atom. The van der Waals surface area contributed by atoms with Crippen LogP contribution in [0.3, 0.4) is 0 Å². The van der Waals surface area contributed by atoms with E-state index in [0.29, 0.717) is 10.9 Å². The number of hydrogen-bond donors (Lipinski definition) is 0. The van der Waals surface area contributed by atoms with Crippen LogP contribution in [0.5, 0.6) is 5.75 Å².